The van der Waals surface area contributed by atoms with Crippen LogP contribution >= 0.6 is 0 Å². The van der Waals surface area contributed by atoms with Crippen LogP contribution in [0.5, 0.6) is 0 Å². The molecule has 0 atom stereocenters. The highest BCUT2D eigenvalue weighted by Crippen LogP contribution is 2.17. The fraction of sp³-hybridized carbons (Fsp3) is 0.632. The minimum Gasteiger partial charge on any atom is -0.444 e. The van der Waals surface area contributed by atoms with Crippen LogP contribution in [0.15, 0.2) is 18.6 Å². The number of alkyl carbamates (subject to hydrolysis) is 1. The molecule has 3 amide bonds. The number of hydrogen-bond donors (Lipinski definition) is 2. The van der Waals surface area contributed by atoms with Gasteiger partial charge >= 0.3 is 6.09 Å². The molecule has 1 saturated heterocycles. The number of ether oxygens (including phenoxy) is 1. The third kappa shape index (κ3) is 7.50. The second-order valence-corrected chi connectivity index (χ2v) is 7.81. The van der Waals surface area contributed by atoms with Crippen LogP contribution in [0, 0.1) is 5.92 Å². The summed E-state index contributed by atoms with van der Waals surface area (Å²) < 4.78 is 5.11. The van der Waals surface area contributed by atoms with Gasteiger partial charge in [-0.1, -0.05) is 0 Å². The molecule has 28 heavy (non-hydrogen) atoms. The van der Waals surface area contributed by atoms with Gasteiger partial charge in [-0.2, -0.15) is 0 Å². The molecule has 1 aliphatic rings. The molecule has 0 spiro atoms. The third-order valence-electron chi connectivity index (χ3n) is 4.29. The summed E-state index contributed by atoms with van der Waals surface area (Å²) in [7, 11) is 0. The molecule has 2 N–H and O–H groups in total. The number of carbonyl (C=O) groups is 3. The zero-order valence-electron chi connectivity index (χ0n) is 16.7. The average molecular weight is 391 g/mol. The van der Waals surface area contributed by atoms with Crippen molar-refractivity contribution >= 4 is 17.9 Å². The second-order valence-electron chi connectivity index (χ2n) is 7.81. The predicted octanol–water partition coefficient (Wildman–Crippen LogP) is 1.36. The Balaban J connectivity index is 1.61. The highest BCUT2D eigenvalue weighted by molar-refractivity contribution is 5.92. The predicted molar refractivity (Wildman–Crippen MR) is 103 cm³/mol. The SMILES string of the molecule is CC(C)(C)OC(=O)NCCC(=O)NCC1CCN(C(=O)c2cnccn2)CC1. The lowest BCUT2D eigenvalue weighted by atomic mass is 9.96. The van der Waals surface area contributed by atoms with Crippen molar-refractivity contribution in [3.63, 3.8) is 0 Å². The first-order valence-corrected chi connectivity index (χ1v) is 9.53. The monoisotopic (exact) mass is 391 g/mol. The minimum atomic E-state index is -0.560. The van der Waals surface area contributed by atoms with Gasteiger partial charge < -0.3 is 20.3 Å². The number of piperidine rings is 1. The van der Waals surface area contributed by atoms with Crippen LogP contribution in [0.1, 0.15) is 50.5 Å². The first-order chi connectivity index (χ1) is 13.2. The van der Waals surface area contributed by atoms with E-state index in [1.165, 1.54) is 18.6 Å². The van der Waals surface area contributed by atoms with E-state index in [0.717, 1.165) is 12.8 Å². The molecule has 1 aromatic heterocycles. The fourth-order valence-electron chi connectivity index (χ4n) is 2.85. The average Bonchev–Trinajstić information content (AvgIpc) is 2.65. The van der Waals surface area contributed by atoms with E-state index in [2.05, 4.69) is 20.6 Å². The normalized spacial score (nSPS) is 15.0. The van der Waals surface area contributed by atoms with E-state index in [0.29, 0.717) is 31.2 Å². The van der Waals surface area contributed by atoms with Crippen molar-refractivity contribution < 1.29 is 19.1 Å². The van der Waals surface area contributed by atoms with Crippen molar-refractivity contribution in [2.24, 2.45) is 5.92 Å². The molecule has 1 fully saturated rings. The molecule has 1 aliphatic heterocycles. The molecule has 0 radical (unpaired) electrons. The molecule has 2 rings (SSSR count). The molecule has 1 aromatic rings. The number of carbonyl (C=O) groups excluding carboxylic acids is 3. The number of rotatable bonds is 6. The summed E-state index contributed by atoms with van der Waals surface area (Å²) in [5.41, 5.74) is -0.206. The summed E-state index contributed by atoms with van der Waals surface area (Å²) in [4.78, 5) is 45.5. The molecule has 0 aliphatic carbocycles. The molecule has 9 nitrogen and oxygen atoms in total. The Morgan fingerprint density at radius 1 is 1.18 bits per heavy atom. The number of nitrogens with zero attached hydrogens (tertiary/aromatic N) is 3. The zero-order chi connectivity index (χ0) is 20.6. The summed E-state index contributed by atoms with van der Waals surface area (Å²) in [6.07, 6.45) is 5.83. The smallest absolute Gasteiger partial charge is 0.407 e. The quantitative estimate of drug-likeness (QED) is 0.757. The molecular formula is C19H29N5O4. The van der Waals surface area contributed by atoms with Gasteiger partial charge in [0.2, 0.25) is 5.91 Å². The number of hydrogen-bond acceptors (Lipinski definition) is 6. The van der Waals surface area contributed by atoms with E-state index in [1.807, 2.05) is 0 Å². The third-order valence-corrected chi connectivity index (χ3v) is 4.29. The summed E-state index contributed by atoms with van der Waals surface area (Å²) in [5, 5.41) is 5.46. The second kappa shape index (κ2) is 10.0. The van der Waals surface area contributed by atoms with Crippen molar-refractivity contribution in [1.82, 2.24) is 25.5 Å². The van der Waals surface area contributed by atoms with Gasteiger partial charge in [-0.15, -0.1) is 0 Å². The van der Waals surface area contributed by atoms with Gasteiger partial charge in [0.15, 0.2) is 0 Å². The van der Waals surface area contributed by atoms with Crippen molar-refractivity contribution in [3.8, 4) is 0 Å². The van der Waals surface area contributed by atoms with Gasteiger partial charge in [-0.3, -0.25) is 14.6 Å². The molecular weight excluding hydrogens is 362 g/mol. The Morgan fingerprint density at radius 3 is 2.50 bits per heavy atom. The van der Waals surface area contributed by atoms with E-state index < -0.39 is 11.7 Å². The van der Waals surface area contributed by atoms with Crippen molar-refractivity contribution in [3.05, 3.63) is 24.3 Å². The maximum absolute atomic E-state index is 12.3. The van der Waals surface area contributed by atoms with Crippen LogP contribution in [0.3, 0.4) is 0 Å². The first kappa shape index (κ1) is 21.6. The standard InChI is InChI=1S/C19H29N5O4/c1-19(2,3)28-18(27)22-7-4-16(25)23-12-14-5-10-24(11-6-14)17(26)15-13-20-8-9-21-15/h8-9,13-14H,4-7,10-12H2,1-3H3,(H,22,27)(H,23,25). The fourth-order valence-corrected chi connectivity index (χ4v) is 2.85. The number of likely N-dealkylation sites (tertiary alicyclic amines) is 1. The van der Waals surface area contributed by atoms with E-state index in [4.69, 9.17) is 4.74 Å². The van der Waals surface area contributed by atoms with Crippen molar-refractivity contribution in [2.45, 2.75) is 45.6 Å². The van der Waals surface area contributed by atoms with Gasteiger partial charge in [0.25, 0.3) is 5.91 Å². The lowest BCUT2D eigenvalue weighted by Crippen LogP contribution is -2.42. The van der Waals surface area contributed by atoms with Crippen LogP contribution in [-0.4, -0.2) is 64.6 Å². The van der Waals surface area contributed by atoms with Crippen LogP contribution in [0.2, 0.25) is 0 Å². The minimum absolute atomic E-state index is 0.108. The Labute approximate surface area is 165 Å². The summed E-state index contributed by atoms with van der Waals surface area (Å²) in [6.45, 7) is 7.42. The summed E-state index contributed by atoms with van der Waals surface area (Å²) in [5.74, 6) is 0.103. The molecule has 0 saturated carbocycles. The number of nitrogens with one attached hydrogen (secondary N) is 2. The van der Waals surface area contributed by atoms with Crippen LogP contribution < -0.4 is 10.6 Å². The van der Waals surface area contributed by atoms with E-state index in [1.54, 1.807) is 25.7 Å². The van der Waals surface area contributed by atoms with Crippen LogP contribution in [0.25, 0.3) is 0 Å². The largest absolute Gasteiger partial charge is 0.444 e. The lowest BCUT2D eigenvalue weighted by molar-refractivity contribution is -0.121. The van der Waals surface area contributed by atoms with Crippen molar-refractivity contribution in [2.75, 3.05) is 26.2 Å². The lowest BCUT2D eigenvalue weighted by Gasteiger charge is -2.31. The Hall–Kier alpha value is -2.71. The van der Waals surface area contributed by atoms with Gasteiger partial charge in [0.1, 0.15) is 11.3 Å². The van der Waals surface area contributed by atoms with Gasteiger partial charge in [-0.05, 0) is 39.5 Å². The first-order valence-electron chi connectivity index (χ1n) is 9.53. The molecule has 0 unspecified atom stereocenters. The molecule has 0 bridgehead atoms. The maximum Gasteiger partial charge on any atom is 0.407 e. The zero-order valence-corrected chi connectivity index (χ0v) is 16.7. The number of amides is 3. The van der Waals surface area contributed by atoms with Crippen LogP contribution in [-0.2, 0) is 9.53 Å². The molecule has 0 aromatic carbocycles. The summed E-state index contributed by atoms with van der Waals surface area (Å²) >= 11 is 0. The van der Waals surface area contributed by atoms with Crippen molar-refractivity contribution in [1.29, 1.82) is 0 Å². The molecule has 2 heterocycles. The van der Waals surface area contributed by atoms with E-state index >= 15 is 0 Å². The maximum atomic E-state index is 12.3. The van der Waals surface area contributed by atoms with Gasteiger partial charge in [0, 0.05) is 45.0 Å². The topological polar surface area (TPSA) is 114 Å². The molecule has 154 valence electrons. The highest BCUT2D eigenvalue weighted by atomic mass is 16.6. The number of aromatic nitrogens is 2. The Morgan fingerprint density at radius 2 is 1.89 bits per heavy atom. The Kier molecular flexibility index (Phi) is 7.71. The van der Waals surface area contributed by atoms with Gasteiger partial charge in [-0.25, -0.2) is 9.78 Å². The van der Waals surface area contributed by atoms with Crippen LogP contribution in [0.4, 0.5) is 4.79 Å². The van der Waals surface area contributed by atoms with E-state index in [-0.39, 0.29) is 24.8 Å². The van der Waals surface area contributed by atoms with E-state index in [9.17, 15) is 14.4 Å². The molecule has 9 heteroatoms. The van der Waals surface area contributed by atoms with Gasteiger partial charge in [0.05, 0.1) is 6.20 Å². The highest BCUT2D eigenvalue weighted by Gasteiger charge is 2.24. The Bertz CT molecular complexity index is 667. The summed E-state index contributed by atoms with van der Waals surface area (Å²) in [6, 6.07) is 0.